The van der Waals surface area contributed by atoms with E-state index in [9.17, 15) is 8.42 Å². The van der Waals surface area contributed by atoms with Crippen LogP contribution in [0.1, 0.15) is 22.4 Å². The summed E-state index contributed by atoms with van der Waals surface area (Å²) >= 11 is 0. The second kappa shape index (κ2) is 10.9. The molecule has 0 aliphatic heterocycles. The number of nitrogens with zero attached hydrogens (tertiary/aromatic N) is 5. The monoisotopic (exact) mass is 537 g/mol. The van der Waals surface area contributed by atoms with E-state index in [1.807, 2.05) is 6.92 Å². The first-order valence-electron chi connectivity index (χ1n) is 13.2. The quantitative estimate of drug-likeness (QED) is 0.238. The molecule has 4 aromatic heterocycles. The van der Waals surface area contributed by atoms with Crippen LogP contribution in [0.4, 0.5) is 0 Å². The summed E-state index contributed by atoms with van der Waals surface area (Å²) in [4.78, 5) is 20.6. The van der Waals surface area contributed by atoms with Gasteiger partial charge in [-0.25, -0.2) is 19.9 Å². The molecule has 11 nitrogen and oxygen atoms in total. The number of hydrogen-bond donors (Lipinski definition) is 0. The number of ether oxygens (including phenoxy) is 2. The molecule has 0 amide bonds. The van der Waals surface area contributed by atoms with Gasteiger partial charge in [0.25, 0.3) is 10.1 Å². The predicted molar refractivity (Wildman–Crippen MR) is 136 cm³/mol. The third-order valence-electron chi connectivity index (χ3n) is 5.10. The molecular formula is C26H23N5O6S. The maximum absolute atomic E-state index is 12.5. The zero-order chi connectivity index (χ0) is 30.1. The van der Waals surface area contributed by atoms with Gasteiger partial charge >= 0.3 is 0 Å². The lowest BCUT2D eigenvalue weighted by Crippen LogP contribution is -2.13. The fraction of sp³-hybridized carbons (Fsp3) is 0.192. The molecule has 0 aliphatic carbocycles. The molecule has 4 heterocycles. The summed E-state index contributed by atoms with van der Waals surface area (Å²) in [5, 5.41) is 0. The molecule has 1 aromatic carbocycles. The molecule has 0 radical (unpaired) electrons. The van der Waals surface area contributed by atoms with Gasteiger partial charge in [-0.05, 0) is 44.2 Å². The first-order valence-corrected chi connectivity index (χ1v) is 12.6. The lowest BCUT2D eigenvalue weighted by Gasteiger charge is -2.09. The molecule has 0 aliphatic rings. The lowest BCUT2D eigenvalue weighted by atomic mass is 10.2. The normalized spacial score (nSPS) is 13.8. The molecule has 0 fully saturated rings. The van der Waals surface area contributed by atoms with Crippen LogP contribution in [0.2, 0.25) is 0 Å². The first kappa shape index (κ1) is 20.6. The van der Waals surface area contributed by atoms with Gasteiger partial charge < -0.3 is 13.9 Å². The average Bonchev–Trinajstić information content (AvgIpc) is 3.36. The Morgan fingerprint density at radius 3 is 2.47 bits per heavy atom. The Hall–Kier alpha value is -4.42. The molecule has 5 rings (SSSR count). The maximum atomic E-state index is 12.5. The van der Waals surface area contributed by atoms with Crippen LogP contribution in [0.3, 0.4) is 0 Å². The van der Waals surface area contributed by atoms with E-state index in [1.165, 1.54) is 48.9 Å². The number of aromatic nitrogens is 5. The summed E-state index contributed by atoms with van der Waals surface area (Å²) in [7, 11) is -4.63. The Kier molecular flexibility index (Phi) is 5.92. The van der Waals surface area contributed by atoms with Crippen molar-refractivity contribution in [2.24, 2.45) is 0 Å². The van der Waals surface area contributed by atoms with E-state index in [2.05, 4.69) is 29.1 Å². The minimum Gasteiger partial charge on any atom is -0.490 e. The number of fused-ring (bicyclic) bond motifs is 1. The zero-order valence-electron chi connectivity index (χ0n) is 24.2. The van der Waals surface area contributed by atoms with Crippen molar-refractivity contribution < 1.29 is 32.0 Å². The summed E-state index contributed by atoms with van der Waals surface area (Å²) < 4.78 is 78.1. The molecule has 0 spiro atoms. The van der Waals surface area contributed by atoms with Gasteiger partial charge in [0.05, 0.1) is 28.5 Å². The van der Waals surface area contributed by atoms with Gasteiger partial charge in [0.2, 0.25) is 11.6 Å². The summed E-state index contributed by atoms with van der Waals surface area (Å²) in [6.45, 7) is -2.99. The standard InChI is InChI=1S/C26H23N5O6S/c1-17-3-7-22(8-4-17)38(32,33)36-10-9-34-20-6-5-19(27-13-20)15-35-21-12-24-25(28-14-21)37-26(31-24)23-11-18(2)29-16-30-23/h3-8,11-14,16H,9-10,15H2,1-2H3/i9D2,10D2. The molecule has 0 saturated heterocycles. The van der Waals surface area contributed by atoms with Gasteiger partial charge in [0.1, 0.15) is 48.8 Å². The minimum absolute atomic E-state index is 0.00883. The first-order chi connectivity index (χ1) is 19.8. The van der Waals surface area contributed by atoms with Gasteiger partial charge in [-0.3, -0.25) is 9.17 Å². The second-order valence-electron chi connectivity index (χ2n) is 7.99. The van der Waals surface area contributed by atoms with Crippen LogP contribution in [-0.2, 0) is 20.9 Å². The highest BCUT2D eigenvalue weighted by molar-refractivity contribution is 7.86. The van der Waals surface area contributed by atoms with E-state index < -0.39 is 23.2 Å². The Balaban J connectivity index is 1.21. The van der Waals surface area contributed by atoms with Crippen LogP contribution in [0.15, 0.2) is 76.6 Å². The Morgan fingerprint density at radius 1 is 0.895 bits per heavy atom. The second-order valence-corrected chi connectivity index (χ2v) is 9.54. The summed E-state index contributed by atoms with van der Waals surface area (Å²) in [6, 6.07) is 11.7. The third-order valence-corrected chi connectivity index (χ3v) is 6.25. The van der Waals surface area contributed by atoms with Gasteiger partial charge in [-0.2, -0.15) is 8.42 Å². The summed E-state index contributed by atoms with van der Waals surface area (Å²) in [6.07, 6.45) is 4.03. The molecule has 38 heavy (non-hydrogen) atoms. The highest BCUT2D eigenvalue weighted by Crippen LogP contribution is 2.24. The van der Waals surface area contributed by atoms with E-state index in [0.29, 0.717) is 34.3 Å². The predicted octanol–water partition coefficient (Wildman–Crippen LogP) is 4.05. The van der Waals surface area contributed by atoms with Crippen LogP contribution in [0, 0.1) is 13.8 Å². The van der Waals surface area contributed by atoms with Crippen molar-refractivity contribution in [1.82, 2.24) is 24.9 Å². The van der Waals surface area contributed by atoms with Crippen LogP contribution in [-0.4, -0.2) is 46.5 Å². The number of pyridine rings is 2. The Morgan fingerprint density at radius 2 is 1.71 bits per heavy atom. The van der Waals surface area contributed by atoms with Crippen molar-refractivity contribution in [3.8, 4) is 23.1 Å². The molecule has 194 valence electrons. The molecular weight excluding hydrogens is 510 g/mol. The van der Waals surface area contributed by atoms with Crippen molar-refractivity contribution in [3.63, 3.8) is 0 Å². The minimum atomic E-state index is -4.63. The molecule has 0 saturated carbocycles. The number of hydrogen-bond acceptors (Lipinski definition) is 11. The third kappa shape index (κ3) is 6.10. The zero-order valence-corrected chi connectivity index (χ0v) is 21.0. The number of oxazole rings is 1. The molecule has 12 heteroatoms. The molecule has 0 N–H and O–H groups in total. The maximum Gasteiger partial charge on any atom is 0.297 e. The van der Waals surface area contributed by atoms with Crippen LogP contribution in [0.25, 0.3) is 22.8 Å². The highest BCUT2D eigenvalue weighted by Gasteiger charge is 2.15. The molecule has 0 bridgehead atoms. The highest BCUT2D eigenvalue weighted by atomic mass is 32.2. The van der Waals surface area contributed by atoms with E-state index >= 15 is 0 Å². The SMILES string of the molecule is [2H]C([2H])(Oc1ccc(COc2cnc3oc(-c4cc(C)ncn4)nc3c2)nc1)C([2H])([2H])OS(=O)(=O)c1ccc(C)cc1. The van der Waals surface area contributed by atoms with Crippen molar-refractivity contribution in [1.29, 1.82) is 0 Å². The average molecular weight is 538 g/mol. The van der Waals surface area contributed by atoms with E-state index in [1.54, 1.807) is 19.1 Å². The van der Waals surface area contributed by atoms with Crippen molar-refractivity contribution >= 4 is 21.3 Å². The summed E-state index contributed by atoms with van der Waals surface area (Å²) in [5.74, 6) is 0.515. The summed E-state index contributed by atoms with van der Waals surface area (Å²) in [5.41, 5.74) is 3.26. The van der Waals surface area contributed by atoms with Gasteiger partial charge in [0, 0.05) is 11.8 Å². The number of aryl methyl sites for hydroxylation is 2. The van der Waals surface area contributed by atoms with E-state index in [-0.39, 0.29) is 17.3 Å². The van der Waals surface area contributed by atoms with Crippen molar-refractivity contribution in [2.45, 2.75) is 25.3 Å². The molecule has 0 atom stereocenters. The van der Waals surface area contributed by atoms with Crippen LogP contribution in [0.5, 0.6) is 11.5 Å². The molecule has 0 unspecified atom stereocenters. The Bertz CT molecular complexity index is 1830. The fourth-order valence-electron chi connectivity index (χ4n) is 3.18. The van der Waals surface area contributed by atoms with Gasteiger partial charge in [-0.15, -0.1) is 0 Å². The van der Waals surface area contributed by atoms with Gasteiger partial charge in [-0.1, -0.05) is 17.7 Å². The van der Waals surface area contributed by atoms with Gasteiger partial charge in [0.15, 0.2) is 0 Å². The smallest absolute Gasteiger partial charge is 0.297 e. The molecule has 5 aromatic rings. The Labute approximate surface area is 224 Å². The lowest BCUT2D eigenvalue weighted by molar-refractivity contribution is 0.220. The number of rotatable bonds is 10. The van der Waals surface area contributed by atoms with E-state index in [4.69, 9.17) is 19.4 Å². The number of benzene rings is 1. The van der Waals surface area contributed by atoms with Crippen LogP contribution >= 0.6 is 0 Å². The van der Waals surface area contributed by atoms with Crippen molar-refractivity contribution in [3.05, 3.63) is 84.2 Å². The van der Waals surface area contributed by atoms with Crippen LogP contribution < -0.4 is 9.47 Å². The van der Waals surface area contributed by atoms with Crippen molar-refractivity contribution in [2.75, 3.05) is 13.1 Å². The fourth-order valence-corrected chi connectivity index (χ4v) is 3.89. The largest absolute Gasteiger partial charge is 0.490 e. The topological polar surface area (TPSA) is 139 Å². The van der Waals surface area contributed by atoms with E-state index in [0.717, 1.165) is 17.5 Å².